The lowest BCUT2D eigenvalue weighted by Crippen LogP contribution is -2.34. The molecule has 0 fully saturated rings. The lowest BCUT2D eigenvalue weighted by atomic mass is 9.89. The van der Waals surface area contributed by atoms with E-state index in [0.717, 1.165) is 0 Å². The quantitative estimate of drug-likeness (QED) is 0.717. The van der Waals surface area contributed by atoms with Gasteiger partial charge in [-0.2, -0.15) is 0 Å². The van der Waals surface area contributed by atoms with Crippen LogP contribution in [0.15, 0.2) is 18.2 Å². The number of nitrogens with one attached hydrogen (secondary N) is 1. The fourth-order valence-electron chi connectivity index (χ4n) is 1.48. The number of carbonyl (C=O) groups excluding carboxylic acids is 1. The third-order valence-electron chi connectivity index (χ3n) is 2.78. The van der Waals surface area contributed by atoms with Crippen molar-refractivity contribution < 1.29 is 9.90 Å². The van der Waals surface area contributed by atoms with Gasteiger partial charge in [-0.1, -0.05) is 25.4 Å². The number of hydrogen-bond donors (Lipinski definition) is 3. The summed E-state index contributed by atoms with van der Waals surface area (Å²) in [6.07, 6.45) is 0.635. The molecule has 0 aromatic heterocycles. The van der Waals surface area contributed by atoms with E-state index in [9.17, 15) is 4.79 Å². The number of halogens is 1. The number of aliphatic hydroxyl groups excluding tert-OH is 1. The number of anilines is 1. The first-order chi connectivity index (χ1) is 8.35. The molecule has 0 saturated heterocycles. The number of nitrogen functional groups attached to an aromatic ring is 1. The molecule has 100 valence electrons. The molecule has 0 heterocycles. The molecule has 0 bridgehead atoms. The third kappa shape index (κ3) is 4.20. The van der Waals surface area contributed by atoms with Crippen molar-refractivity contribution in [1.82, 2.24) is 5.32 Å². The van der Waals surface area contributed by atoms with Crippen molar-refractivity contribution in [2.45, 2.75) is 20.3 Å². The molecule has 0 aliphatic heterocycles. The summed E-state index contributed by atoms with van der Waals surface area (Å²) in [5, 5.41) is 12.1. The van der Waals surface area contributed by atoms with Gasteiger partial charge in [-0.05, 0) is 30.0 Å². The predicted octanol–water partition coefficient (Wildman–Crippen LogP) is 2.06. The Kier molecular flexibility index (Phi) is 4.99. The Balaban J connectivity index is 2.63. The first kappa shape index (κ1) is 14.8. The second-order valence-electron chi connectivity index (χ2n) is 5.06. The summed E-state index contributed by atoms with van der Waals surface area (Å²) in [6.45, 7) is 4.57. The molecule has 18 heavy (non-hydrogen) atoms. The van der Waals surface area contributed by atoms with Gasteiger partial charge in [0.05, 0.1) is 10.7 Å². The van der Waals surface area contributed by atoms with Crippen LogP contribution in [0.2, 0.25) is 5.02 Å². The second-order valence-corrected chi connectivity index (χ2v) is 5.46. The summed E-state index contributed by atoms with van der Waals surface area (Å²) in [5.41, 5.74) is 6.38. The van der Waals surface area contributed by atoms with Crippen molar-refractivity contribution in [3.8, 4) is 0 Å². The molecule has 0 aliphatic carbocycles. The zero-order valence-electron chi connectivity index (χ0n) is 10.7. The Morgan fingerprint density at radius 3 is 2.72 bits per heavy atom. The van der Waals surface area contributed by atoms with Gasteiger partial charge in [0.25, 0.3) is 5.91 Å². The number of benzene rings is 1. The van der Waals surface area contributed by atoms with Crippen LogP contribution < -0.4 is 11.1 Å². The summed E-state index contributed by atoms with van der Waals surface area (Å²) >= 11 is 5.86. The maximum Gasteiger partial charge on any atom is 0.251 e. The molecular weight excluding hydrogens is 252 g/mol. The normalized spacial score (nSPS) is 11.3. The number of hydrogen-bond acceptors (Lipinski definition) is 3. The Bertz CT molecular complexity index is 433. The summed E-state index contributed by atoms with van der Waals surface area (Å²) < 4.78 is 0. The van der Waals surface area contributed by atoms with Crippen LogP contribution in [-0.2, 0) is 0 Å². The van der Waals surface area contributed by atoms with Crippen molar-refractivity contribution in [2.24, 2.45) is 5.41 Å². The SMILES string of the molecule is CC(C)(CCO)CNC(=O)c1ccc(N)c(Cl)c1. The summed E-state index contributed by atoms with van der Waals surface area (Å²) in [5.74, 6) is -0.192. The van der Waals surface area contributed by atoms with E-state index in [2.05, 4.69) is 5.32 Å². The molecule has 1 amide bonds. The molecule has 0 radical (unpaired) electrons. The molecule has 0 saturated carbocycles. The van der Waals surface area contributed by atoms with E-state index in [0.29, 0.717) is 29.2 Å². The van der Waals surface area contributed by atoms with Crippen LogP contribution in [0, 0.1) is 5.41 Å². The smallest absolute Gasteiger partial charge is 0.251 e. The molecule has 1 aromatic rings. The highest BCUT2D eigenvalue weighted by Crippen LogP contribution is 2.21. The highest BCUT2D eigenvalue weighted by atomic mass is 35.5. The molecule has 1 aromatic carbocycles. The van der Waals surface area contributed by atoms with Gasteiger partial charge >= 0.3 is 0 Å². The van der Waals surface area contributed by atoms with Crippen LogP contribution in [0.3, 0.4) is 0 Å². The molecule has 0 unspecified atom stereocenters. The van der Waals surface area contributed by atoms with Crippen LogP contribution in [0.5, 0.6) is 0 Å². The lowest BCUT2D eigenvalue weighted by Gasteiger charge is -2.23. The summed E-state index contributed by atoms with van der Waals surface area (Å²) in [6, 6.07) is 4.79. The van der Waals surface area contributed by atoms with Gasteiger partial charge in [-0.15, -0.1) is 0 Å². The Hall–Kier alpha value is -1.26. The first-order valence-electron chi connectivity index (χ1n) is 5.80. The third-order valence-corrected chi connectivity index (χ3v) is 3.11. The molecule has 0 aliphatic rings. The van der Waals surface area contributed by atoms with Gasteiger partial charge in [-0.25, -0.2) is 0 Å². The van der Waals surface area contributed by atoms with E-state index in [1.807, 2.05) is 13.8 Å². The zero-order valence-corrected chi connectivity index (χ0v) is 11.4. The molecule has 0 spiro atoms. The molecule has 5 heteroatoms. The van der Waals surface area contributed by atoms with E-state index in [4.69, 9.17) is 22.4 Å². The monoisotopic (exact) mass is 270 g/mol. The number of aliphatic hydroxyl groups is 1. The van der Waals surface area contributed by atoms with Gasteiger partial charge in [0.15, 0.2) is 0 Å². The molecular formula is C13H19ClN2O2. The highest BCUT2D eigenvalue weighted by Gasteiger charge is 2.18. The van der Waals surface area contributed by atoms with E-state index >= 15 is 0 Å². The molecule has 4 N–H and O–H groups in total. The van der Waals surface area contributed by atoms with Crippen LogP contribution in [0.1, 0.15) is 30.6 Å². The van der Waals surface area contributed by atoms with E-state index in [1.165, 1.54) is 0 Å². The maximum absolute atomic E-state index is 11.9. The Morgan fingerprint density at radius 2 is 2.17 bits per heavy atom. The number of carbonyl (C=O) groups is 1. The topological polar surface area (TPSA) is 75.3 Å². The van der Waals surface area contributed by atoms with Crippen molar-refractivity contribution in [2.75, 3.05) is 18.9 Å². The Morgan fingerprint density at radius 1 is 1.50 bits per heavy atom. The largest absolute Gasteiger partial charge is 0.398 e. The van der Waals surface area contributed by atoms with E-state index < -0.39 is 0 Å². The summed E-state index contributed by atoms with van der Waals surface area (Å²) in [7, 11) is 0. The van der Waals surface area contributed by atoms with Crippen molar-refractivity contribution in [3.05, 3.63) is 28.8 Å². The number of rotatable bonds is 5. The number of amides is 1. The van der Waals surface area contributed by atoms with Crippen molar-refractivity contribution in [1.29, 1.82) is 0 Å². The fourth-order valence-corrected chi connectivity index (χ4v) is 1.66. The van der Waals surface area contributed by atoms with Gasteiger partial charge < -0.3 is 16.2 Å². The first-order valence-corrected chi connectivity index (χ1v) is 6.17. The van der Waals surface area contributed by atoms with Crippen LogP contribution >= 0.6 is 11.6 Å². The second kappa shape index (κ2) is 6.07. The minimum atomic E-state index is -0.192. The minimum absolute atomic E-state index is 0.108. The molecule has 0 atom stereocenters. The average Bonchev–Trinajstić information content (AvgIpc) is 2.30. The fraction of sp³-hybridized carbons (Fsp3) is 0.462. The van der Waals surface area contributed by atoms with Crippen LogP contribution in [-0.4, -0.2) is 24.2 Å². The maximum atomic E-state index is 11.9. The van der Waals surface area contributed by atoms with Gasteiger partial charge in [0.2, 0.25) is 0 Å². The average molecular weight is 271 g/mol. The number of nitrogens with two attached hydrogens (primary N) is 1. The van der Waals surface area contributed by atoms with E-state index in [-0.39, 0.29) is 17.9 Å². The lowest BCUT2D eigenvalue weighted by molar-refractivity contribution is 0.0928. The van der Waals surface area contributed by atoms with Crippen molar-refractivity contribution >= 4 is 23.2 Å². The molecule has 1 rings (SSSR count). The Labute approximate surface area is 112 Å². The summed E-state index contributed by atoms with van der Waals surface area (Å²) in [4.78, 5) is 11.9. The van der Waals surface area contributed by atoms with Crippen LogP contribution in [0.4, 0.5) is 5.69 Å². The van der Waals surface area contributed by atoms with Gasteiger partial charge in [0, 0.05) is 18.7 Å². The predicted molar refractivity (Wildman–Crippen MR) is 73.7 cm³/mol. The zero-order chi connectivity index (χ0) is 13.8. The standard InChI is InChI=1S/C13H19ClN2O2/c1-13(2,5-6-17)8-16-12(18)9-3-4-11(15)10(14)7-9/h3-4,7,17H,5-6,8,15H2,1-2H3,(H,16,18). The van der Waals surface area contributed by atoms with Crippen molar-refractivity contribution in [3.63, 3.8) is 0 Å². The highest BCUT2D eigenvalue weighted by molar-refractivity contribution is 6.33. The molecule has 4 nitrogen and oxygen atoms in total. The van der Waals surface area contributed by atoms with E-state index in [1.54, 1.807) is 18.2 Å². The van der Waals surface area contributed by atoms with Gasteiger partial charge in [0.1, 0.15) is 0 Å². The van der Waals surface area contributed by atoms with Gasteiger partial charge in [-0.3, -0.25) is 4.79 Å². The van der Waals surface area contributed by atoms with Crippen LogP contribution in [0.25, 0.3) is 0 Å². The minimum Gasteiger partial charge on any atom is -0.398 e.